The highest BCUT2D eigenvalue weighted by Gasteiger charge is 2.31. The van der Waals surface area contributed by atoms with E-state index in [-0.39, 0.29) is 18.1 Å². The van der Waals surface area contributed by atoms with Crippen LogP contribution in [0.25, 0.3) is 0 Å². The third-order valence-corrected chi connectivity index (χ3v) is 5.45. The molecule has 0 aromatic carbocycles. The van der Waals surface area contributed by atoms with Crippen molar-refractivity contribution in [1.82, 2.24) is 20.1 Å². The van der Waals surface area contributed by atoms with Crippen LogP contribution in [-0.4, -0.2) is 52.3 Å². The van der Waals surface area contributed by atoms with Crippen LogP contribution in [-0.2, 0) is 20.7 Å². The number of carbonyl (C=O) groups excluding carboxylic acids is 1. The fourth-order valence-electron chi connectivity index (χ4n) is 3.22. The van der Waals surface area contributed by atoms with Crippen molar-refractivity contribution < 1.29 is 14.3 Å². The number of hydrogen-bond acceptors (Lipinski definition) is 6. The maximum absolute atomic E-state index is 12.7. The molecule has 4 heterocycles. The van der Waals surface area contributed by atoms with E-state index >= 15 is 0 Å². The van der Waals surface area contributed by atoms with Crippen molar-refractivity contribution in [2.45, 2.75) is 32.0 Å². The van der Waals surface area contributed by atoms with Gasteiger partial charge in [-0.3, -0.25) is 9.89 Å². The van der Waals surface area contributed by atoms with Gasteiger partial charge in [-0.25, -0.2) is 4.98 Å². The standard InChI is InChI=1S/C16H20N4O3S/c1-10-17-16(19-18-10)13-9-20(4-6-23-13)15(21)8-12-11-3-7-24-14(11)2-5-22-12/h3,7,12-13H,2,4-6,8-9H2,1H3,(H,17,18,19)/t12-,13-/m0/s1. The summed E-state index contributed by atoms with van der Waals surface area (Å²) >= 11 is 1.75. The van der Waals surface area contributed by atoms with Gasteiger partial charge in [0.25, 0.3) is 0 Å². The number of amides is 1. The summed E-state index contributed by atoms with van der Waals surface area (Å²) in [6.07, 6.45) is 0.932. The molecule has 1 N–H and O–H groups in total. The van der Waals surface area contributed by atoms with Crippen molar-refractivity contribution in [1.29, 1.82) is 0 Å². The van der Waals surface area contributed by atoms with Crippen LogP contribution in [0.5, 0.6) is 0 Å². The number of H-pyrrole nitrogens is 1. The highest BCUT2D eigenvalue weighted by Crippen LogP contribution is 2.33. The van der Waals surface area contributed by atoms with E-state index in [9.17, 15) is 4.79 Å². The number of aryl methyl sites for hydroxylation is 1. The molecule has 2 aromatic rings. The molecule has 0 spiro atoms. The zero-order valence-corrected chi connectivity index (χ0v) is 14.3. The average molecular weight is 348 g/mol. The van der Waals surface area contributed by atoms with Gasteiger partial charge in [-0.1, -0.05) is 0 Å². The predicted molar refractivity (Wildman–Crippen MR) is 87.7 cm³/mol. The second-order valence-corrected chi connectivity index (χ2v) is 7.09. The molecule has 128 valence electrons. The highest BCUT2D eigenvalue weighted by atomic mass is 32.1. The summed E-state index contributed by atoms with van der Waals surface area (Å²) in [5, 5.41) is 9.05. The molecule has 8 heteroatoms. The third-order valence-electron chi connectivity index (χ3n) is 4.46. The van der Waals surface area contributed by atoms with Crippen LogP contribution in [0, 0.1) is 6.92 Å². The zero-order chi connectivity index (χ0) is 16.5. The fraction of sp³-hybridized carbons (Fsp3) is 0.562. The second-order valence-electron chi connectivity index (χ2n) is 6.09. The summed E-state index contributed by atoms with van der Waals surface area (Å²) in [5.74, 6) is 1.45. The molecule has 2 atom stereocenters. The molecule has 1 amide bonds. The van der Waals surface area contributed by atoms with E-state index in [4.69, 9.17) is 9.47 Å². The van der Waals surface area contributed by atoms with Crippen molar-refractivity contribution in [3.63, 3.8) is 0 Å². The number of carbonyl (C=O) groups is 1. The van der Waals surface area contributed by atoms with E-state index in [1.807, 2.05) is 11.8 Å². The first-order chi connectivity index (χ1) is 11.7. The van der Waals surface area contributed by atoms with Gasteiger partial charge in [0.1, 0.15) is 11.9 Å². The van der Waals surface area contributed by atoms with Crippen LogP contribution >= 0.6 is 11.3 Å². The van der Waals surface area contributed by atoms with Crippen molar-refractivity contribution in [2.75, 3.05) is 26.3 Å². The molecule has 24 heavy (non-hydrogen) atoms. The van der Waals surface area contributed by atoms with Gasteiger partial charge in [-0.05, 0) is 23.9 Å². The quantitative estimate of drug-likeness (QED) is 0.914. The summed E-state index contributed by atoms with van der Waals surface area (Å²) in [6, 6.07) is 2.08. The van der Waals surface area contributed by atoms with Crippen LogP contribution in [0.1, 0.15) is 40.7 Å². The maximum atomic E-state index is 12.7. The Hall–Kier alpha value is -1.77. The summed E-state index contributed by atoms with van der Waals surface area (Å²) in [5.41, 5.74) is 1.18. The minimum atomic E-state index is -0.267. The number of morpholine rings is 1. The van der Waals surface area contributed by atoms with E-state index in [1.54, 1.807) is 11.3 Å². The first-order valence-electron chi connectivity index (χ1n) is 8.17. The molecule has 1 fully saturated rings. The molecule has 2 aromatic heterocycles. The number of rotatable bonds is 3. The zero-order valence-electron chi connectivity index (χ0n) is 13.5. The molecule has 0 unspecified atom stereocenters. The number of ether oxygens (including phenoxy) is 2. The fourth-order valence-corrected chi connectivity index (χ4v) is 4.13. The first kappa shape index (κ1) is 15.7. The summed E-state index contributed by atoms with van der Waals surface area (Å²) in [6.45, 7) is 4.12. The van der Waals surface area contributed by atoms with Crippen LogP contribution in [0.2, 0.25) is 0 Å². The summed E-state index contributed by atoms with van der Waals surface area (Å²) in [4.78, 5) is 20.2. The Balaban J connectivity index is 1.42. The molecule has 4 rings (SSSR count). The SMILES string of the molecule is Cc1nc([C@@H]2CN(C(=O)C[C@@H]3OCCc4sccc43)CCO2)n[nH]1. The lowest BCUT2D eigenvalue weighted by Gasteiger charge is -2.33. The van der Waals surface area contributed by atoms with E-state index in [0.717, 1.165) is 12.2 Å². The van der Waals surface area contributed by atoms with Gasteiger partial charge in [0.05, 0.1) is 32.3 Å². The van der Waals surface area contributed by atoms with Gasteiger partial charge in [-0.15, -0.1) is 11.3 Å². The van der Waals surface area contributed by atoms with Crippen LogP contribution in [0.3, 0.4) is 0 Å². The molecule has 1 saturated heterocycles. The van der Waals surface area contributed by atoms with E-state index in [2.05, 4.69) is 26.6 Å². The lowest BCUT2D eigenvalue weighted by atomic mass is 10.0. The van der Waals surface area contributed by atoms with E-state index in [1.165, 1.54) is 10.4 Å². The van der Waals surface area contributed by atoms with Crippen LogP contribution < -0.4 is 0 Å². The van der Waals surface area contributed by atoms with Gasteiger partial charge >= 0.3 is 0 Å². The first-order valence-corrected chi connectivity index (χ1v) is 9.05. The Morgan fingerprint density at radius 2 is 2.38 bits per heavy atom. The minimum Gasteiger partial charge on any atom is -0.373 e. The topological polar surface area (TPSA) is 80.3 Å². The Morgan fingerprint density at radius 3 is 3.21 bits per heavy atom. The van der Waals surface area contributed by atoms with Crippen molar-refractivity contribution >= 4 is 17.2 Å². The molecule has 0 aliphatic carbocycles. The Morgan fingerprint density at radius 1 is 1.46 bits per heavy atom. The van der Waals surface area contributed by atoms with Gasteiger partial charge in [-0.2, -0.15) is 5.10 Å². The number of aromatic nitrogens is 3. The number of nitrogens with one attached hydrogen (secondary N) is 1. The molecule has 0 saturated carbocycles. The number of nitrogens with zero attached hydrogens (tertiary/aromatic N) is 3. The molecular formula is C16H20N4O3S. The number of thiophene rings is 1. The Bertz CT molecular complexity index is 728. The maximum Gasteiger partial charge on any atom is 0.225 e. The number of hydrogen-bond donors (Lipinski definition) is 1. The smallest absolute Gasteiger partial charge is 0.225 e. The van der Waals surface area contributed by atoms with Crippen LogP contribution in [0.15, 0.2) is 11.4 Å². The summed E-state index contributed by atoms with van der Waals surface area (Å²) in [7, 11) is 0. The van der Waals surface area contributed by atoms with Crippen molar-refractivity contribution in [2.24, 2.45) is 0 Å². The van der Waals surface area contributed by atoms with Gasteiger partial charge in [0.15, 0.2) is 5.82 Å². The normalized spacial score (nSPS) is 24.0. The third kappa shape index (κ3) is 3.09. The summed E-state index contributed by atoms with van der Waals surface area (Å²) < 4.78 is 11.6. The van der Waals surface area contributed by atoms with E-state index in [0.29, 0.717) is 38.5 Å². The Kier molecular flexibility index (Phi) is 4.34. The molecule has 2 aliphatic rings. The van der Waals surface area contributed by atoms with Gasteiger partial charge < -0.3 is 14.4 Å². The van der Waals surface area contributed by atoms with Gasteiger partial charge in [0, 0.05) is 17.8 Å². The van der Waals surface area contributed by atoms with E-state index < -0.39 is 0 Å². The monoisotopic (exact) mass is 348 g/mol. The van der Waals surface area contributed by atoms with Gasteiger partial charge in [0.2, 0.25) is 5.91 Å². The predicted octanol–water partition coefficient (Wildman–Crippen LogP) is 1.78. The van der Waals surface area contributed by atoms with Crippen molar-refractivity contribution in [3.8, 4) is 0 Å². The molecule has 2 aliphatic heterocycles. The average Bonchev–Trinajstić information content (AvgIpc) is 3.24. The largest absolute Gasteiger partial charge is 0.373 e. The molecule has 7 nitrogen and oxygen atoms in total. The molecular weight excluding hydrogens is 328 g/mol. The van der Waals surface area contributed by atoms with Crippen LogP contribution in [0.4, 0.5) is 0 Å². The second kappa shape index (κ2) is 6.62. The highest BCUT2D eigenvalue weighted by molar-refractivity contribution is 7.10. The molecule has 0 radical (unpaired) electrons. The lowest BCUT2D eigenvalue weighted by Crippen LogP contribution is -2.43. The Labute approximate surface area is 144 Å². The van der Waals surface area contributed by atoms with Crippen molar-refractivity contribution in [3.05, 3.63) is 33.5 Å². The number of aromatic amines is 1. The number of fused-ring (bicyclic) bond motifs is 1. The minimum absolute atomic E-state index is 0.0969. The molecule has 0 bridgehead atoms. The lowest BCUT2D eigenvalue weighted by molar-refractivity contribution is -0.142.